The van der Waals surface area contributed by atoms with Crippen molar-refractivity contribution in [3.8, 4) is 0 Å². The maximum atomic E-state index is 12.9. The van der Waals surface area contributed by atoms with E-state index < -0.39 is 0 Å². The highest BCUT2D eigenvalue weighted by Crippen LogP contribution is 2.26. The van der Waals surface area contributed by atoms with Gasteiger partial charge in [-0.05, 0) is 40.5 Å². The first-order valence-electron chi connectivity index (χ1n) is 10.7. The number of carbonyl (C=O) groups excluding carboxylic acids is 1. The summed E-state index contributed by atoms with van der Waals surface area (Å²) in [5.41, 5.74) is -0.513. The fraction of sp³-hybridized carbons (Fsp3) is 0.762. The van der Waals surface area contributed by atoms with Crippen LogP contribution in [0.25, 0.3) is 0 Å². The van der Waals surface area contributed by atoms with E-state index >= 15 is 0 Å². The molecule has 0 unspecified atom stereocenters. The molecule has 2 aliphatic rings. The van der Waals surface area contributed by atoms with Crippen LogP contribution in [0.4, 0.5) is 5.82 Å². The quantitative estimate of drug-likeness (QED) is 0.792. The lowest BCUT2D eigenvalue weighted by molar-refractivity contribution is -0.136. The molecule has 3 rings (SSSR count). The van der Waals surface area contributed by atoms with E-state index in [0.29, 0.717) is 32.0 Å². The lowest BCUT2D eigenvalue weighted by atomic mass is 9.88. The second kappa shape index (κ2) is 8.53. The maximum absolute atomic E-state index is 12.9. The van der Waals surface area contributed by atoms with Crippen LogP contribution in [0.15, 0.2) is 15.7 Å². The van der Waals surface area contributed by atoms with Crippen LogP contribution in [0.5, 0.6) is 0 Å². The predicted octanol–water partition coefficient (Wildman–Crippen LogP) is 2.40. The lowest BCUT2D eigenvalue weighted by Crippen LogP contribution is -2.53. The van der Waals surface area contributed by atoms with E-state index in [4.69, 9.17) is 0 Å². The summed E-state index contributed by atoms with van der Waals surface area (Å²) in [6.45, 7) is 10.2. The number of piperazine rings is 1. The largest absolute Gasteiger partial charge is 0.354 e. The van der Waals surface area contributed by atoms with E-state index in [-0.39, 0.29) is 35.2 Å². The molecule has 1 aromatic rings. The van der Waals surface area contributed by atoms with Gasteiger partial charge in [0.15, 0.2) is 0 Å². The number of nitrogens with zero attached hydrogens (tertiary/aromatic N) is 4. The van der Waals surface area contributed by atoms with E-state index in [1.54, 1.807) is 10.6 Å². The van der Waals surface area contributed by atoms with Gasteiger partial charge >= 0.3 is 5.69 Å². The van der Waals surface area contributed by atoms with Crippen molar-refractivity contribution in [3.63, 3.8) is 0 Å². The molecule has 2 heterocycles. The summed E-state index contributed by atoms with van der Waals surface area (Å²) < 4.78 is 3.02. The van der Waals surface area contributed by atoms with Crippen LogP contribution >= 0.6 is 0 Å². The first-order chi connectivity index (χ1) is 13.3. The molecule has 156 valence electrons. The summed E-state index contributed by atoms with van der Waals surface area (Å²) in [6.07, 6.45) is 5.58. The van der Waals surface area contributed by atoms with Crippen LogP contribution in [0.3, 0.4) is 0 Å². The number of rotatable bonds is 4. The lowest BCUT2D eigenvalue weighted by Gasteiger charge is -2.39. The van der Waals surface area contributed by atoms with Crippen molar-refractivity contribution in [3.05, 3.63) is 26.9 Å². The summed E-state index contributed by atoms with van der Waals surface area (Å²) in [7, 11) is 0. The summed E-state index contributed by atoms with van der Waals surface area (Å²) in [5.74, 6) is 1.15. The van der Waals surface area contributed by atoms with Crippen LogP contribution in [-0.2, 0) is 4.79 Å². The number of carbonyl (C=O) groups is 1. The highest BCUT2D eigenvalue weighted by Gasteiger charge is 2.30. The Hall–Kier alpha value is -2.05. The summed E-state index contributed by atoms with van der Waals surface area (Å²) >= 11 is 0. The van der Waals surface area contributed by atoms with E-state index in [1.165, 1.54) is 11.0 Å². The van der Waals surface area contributed by atoms with Crippen LogP contribution in [-0.4, -0.2) is 46.1 Å². The molecule has 1 saturated heterocycles. The van der Waals surface area contributed by atoms with Crippen molar-refractivity contribution in [1.29, 1.82) is 0 Å². The van der Waals surface area contributed by atoms with Crippen molar-refractivity contribution in [2.75, 3.05) is 31.1 Å². The average molecular weight is 391 g/mol. The third-order valence-corrected chi connectivity index (χ3v) is 6.05. The zero-order valence-electron chi connectivity index (χ0n) is 17.7. The van der Waals surface area contributed by atoms with Gasteiger partial charge in [-0.25, -0.2) is 4.79 Å². The van der Waals surface area contributed by atoms with Gasteiger partial charge in [-0.2, -0.15) is 0 Å². The number of hydrogen-bond donors (Lipinski definition) is 0. The minimum Gasteiger partial charge on any atom is -0.354 e. The Balaban J connectivity index is 1.79. The number of amides is 1. The molecular formula is C21H34N4O3. The molecule has 1 aliphatic heterocycles. The first-order valence-corrected chi connectivity index (χ1v) is 10.7. The van der Waals surface area contributed by atoms with Gasteiger partial charge in [-0.1, -0.05) is 19.3 Å². The Morgan fingerprint density at radius 3 is 2.00 bits per heavy atom. The Morgan fingerprint density at radius 2 is 1.46 bits per heavy atom. The van der Waals surface area contributed by atoms with Crippen LogP contribution in [0.1, 0.15) is 71.9 Å². The second-order valence-corrected chi connectivity index (χ2v) is 8.70. The Labute approximate surface area is 166 Å². The van der Waals surface area contributed by atoms with Crippen LogP contribution in [0.2, 0.25) is 0 Å². The Bertz CT molecular complexity index is 810. The number of hydrogen-bond acceptors (Lipinski definition) is 4. The van der Waals surface area contributed by atoms with Crippen molar-refractivity contribution < 1.29 is 4.79 Å². The second-order valence-electron chi connectivity index (χ2n) is 8.70. The number of anilines is 1. The van der Waals surface area contributed by atoms with Gasteiger partial charge < -0.3 is 9.80 Å². The highest BCUT2D eigenvalue weighted by atomic mass is 16.2. The molecule has 0 radical (unpaired) electrons. The third kappa shape index (κ3) is 4.03. The maximum Gasteiger partial charge on any atom is 0.333 e. The third-order valence-electron chi connectivity index (χ3n) is 6.05. The molecule has 1 saturated carbocycles. The van der Waals surface area contributed by atoms with Crippen molar-refractivity contribution in [1.82, 2.24) is 14.0 Å². The van der Waals surface area contributed by atoms with Crippen LogP contribution in [0, 0.1) is 5.92 Å². The highest BCUT2D eigenvalue weighted by molar-refractivity contribution is 5.79. The van der Waals surface area contributed by atoms with E-state index in [2.05, 4.69) is 4.90 Å². The molecular weight excluding hydrogens is 356 g/mol. The molecule has 1 aliphatic carbocycles. The number of aromatic nitrogens is 2. The Kier molecular flexibility index (Phi) is 6.30. The molecule has 7 heteroatoms. The first kappa shape index (κ1) is 20.7. The topological polar surface area (TPSA) is 67.5 Å². The monoisotopic (exact) mass is 390 g/mol. The standard InChI is InChI=1S/C21H34N4O3/c1-15(2)24-18(14-19(26)25(16(3)4)21(24)28)22-10-12-23(13-11-22)20(27)17-8-6-5-7-9-17/h14-17H,5-13H2,1-4H3. The summed E-state index contributed by atoms with van der Waals surface area (Å²) in [4.78, 5) is 42.4. The molecule has 0 bridgehead atoms. The van der Waals surface area contributed by atoms with Crippen LogP contribution < -0.4 is 16.1 Å². The molecule has 0 N–H and O–H groups in total. The fourth-order valence-electron chi connectivity index (χ4n) is 4.53. The molecule has 7 nitrogen and oxygen atoms in total. The molecule has 28 heavy (non-hydrogen) atoms. The van der Waals surface area contributed by atoms with E-state index in [0.717, 1.165) is 25.7 Å². The fourth-order valence-corrected chi connectivity index (χ4v) is 4.53. The molecule has 0 aromatic carbocycles. The van der Waals surface area contributed by atoms with Gasteiger partial charge in [0.1, 0.15) is 5.82 Å². The SMILES string of the molecule is CC(C)n1c(N2CCN(C(=O)C3CCCCC3)CC2)cc(=O)n(C(C)C)c1=O. The molecule has 0 spiro atoms. The van der Waals surface area contributed by atoms with Crippen molar-refractivity contribution in [2.45, 2.75) is 71.9 Å². The average Bonchev–Trinajstić information content (AvgIpc) is 2.67. The Morgan fingerprint density at radius 1 is 0.893 bits per heavy atom. The minimum absolute atomic E-state index is 0.0463. The van der Waals surface area contributed by atoms with Gasteiger partial charge in [0.2, 0.25) is 5.91 Å². The predicted molar refractivity (Wildman–Crippen MR) is 111 cm³/mol. The molecule has 0 atom stereocenters. The zero-order chi connectivity index (χ0) is 20.4. The zero-order valence-corrected chi connectivity index (χ0v) is 17.7. The smallest absolute Gasteiger partial charge is 0.333 e. The van der Waals surface area contributed by atoms with E-state index in [1.807, 2.05) is 32.6 Å². The van der Waals surface area contributed by atoms with Gasteiger partial charge in [0.05, 0.1) is 0 Å². The summed E-state index contributed by atoms with van der Waals surface area (Å²) in [5, 5.41) is 0. The minimum atomic E-state index is -0.257. The van der Waals surface area contributed by atoms with Crippen molar-refractivity contribution in [2.24, 2.45) is 5.92 Å². The van der Waals surface area contributed by atoms with Crippen molar-refractivity contribution >= 4 is 11.7 Å². The normalized spacial score (nSPS) is 18.9. The van der Waals surface area contributed by atoms with Gasteiger partial charge in [0, 0.05) is 50.2 Å². The van der Waals surface area contributed by atoms with Gasteiger partial charge in [-0.3, -0.25) is 18.7 Å². The van der Waals surface area contributed by atoms with Gasteiger partial charge in [-0.15, -0.1) is 0 Å². The van der Waals surface area contributed by atoms with Gasteiger partial charge in [0.25, 0.3) is 5.56 Å². The molecule has 1 amide bonds. The summed E-state index contributed by atoms with van der Waals surface area (Å²) in [6, 6.07) is 1.36. The molecule has 1 aromatic heterocycles. The molecule has 2 fully saturated rings. The van der Waals surface area contributed by atoms with E-state index in [9.17, 15) is 14.4 Å².